The lowest BCUT2D eigenvalue weighted by Crippen LogP contribution is -2.21. The van der Waals surface area contributed by atoms with Crippen LogP contribution in [0.2, 0.25) is 0 Å². The Balaban J connectivity index is 2.42. The molecule has 4 heteroatoms. The Labute approximate surface area is 117 Å². The Bertz CT molecular complexity index is 656. The molecule has 98 valence electrons. The maximum absolute atomic E-state index is 4.39. The second-order valence-electron chi connectivity index (χ2n) is 3.98. The SMILES string of the molecule is C=CS/C(=C\c1ccc2c(c1)=CCN=2)C(=NC)NC. The highest BCUT2D eigenvalue weighted by Gasteiger charge is 2.04. The van der Waals surface area contributed by atoms with Crippen molar-refractivity contribution in [3.63, 3.8) is 0 Å². The number of amidine groups is 1. The van der Waals surface area contributed by atoms with Gasteiger partial charge in [0.1, 0.15) is 5.84 Å². The van der Waals surface area contributed by atoms with E-state index in [-0.39, 0.29) is 0 Å². The molecule has 0 fully saturated rings. The molecular weight excluding hydrogens is 254 g/mol. The molecule has 0 unspecified atom stereocenters. The van der Waals surface area contributed by atoms with Crippen LogP contribution in [0.1, 0.15) is 5.56 Å². The maximum Gasteiger partial charge on any atom is 0.134 e. The van der Waals surface area contributed by atoms with E-state index in [1.165, 1.54) is 5.22 Å². The van der Waals surface area contributed by atoms with Crippen molar-refractivity contribution < 1.29 is 0 Å². The van der Waals surface area contributed by atoms with E-state index in [0.717, 1.165) is 28.2 Å². The fraction of sp³-hybridized carbons (Fsp3) is 0.200. The minimum Gasteiger partial charge on any atom is -0.373 e. The monoisotopic (exact) mass is 271 g/mol. The van der Waals surface area contributed by atoms with Crippen LogP contribution in [-0.2, 0) is 0 Å². The summed E-state index contributed by atoms with van der Waals surface area (Å²) in [5.74, 6) is 0.860. The molecular formula is C15H17N3S. The van der Waals surface area contributed by atoms with Gasteiger partial charge in [0, 0.05) is 14.1 Å². The fourth-order valence-electron chi connectivity index (χ4n) is 1.96. The van der Waals surface area contributed by atoms with Crippen molar-refractivity contribution in [2.45, 2.75) is 0 Å². The number of hydrogen-bond acceptors (Lipinski definition) is 3. The molecule has 0 radical (unpaired) electrons. The van der Waals surface area contributed by atoms with Gasteiger partial charge in [0.2, 0.25) is 0 Å². The minimum atomic E-state index is 0.787. The molecule has 0 bridgehead atoms. The van der Waals surface area contributed by atoms with Crippen molar-refractivity contribution >= 4 is 29.7 Å². The van der Waals surface area contributed by atoms with Crippen molar-refractivity contribution in [3.05, 3.63) is 51.2 Å². The second-order valence-corrected chi connectivity index (χ2v) is 4.99. The molecule has 1 aromatic rings. The molecule has 0 saturated heterocycles. The number of nitrogens with zero attached hydrogens (tertiary/aromatic N) is 2. The van der Waals surface area contributed by atoms with Crippen LogP contribution in [0.25, 0.3) is 12.2 Å². The summed E-state index contributed by atoms with van der Waals surface area (Å²) in [6, 6.07) is 6.29. The van der Waals surface area contributed by atoms with Gasteiger partial charge in [-0.1, -0.05) is 30.5 Å². The summed E-state index contributed by atoms with van der Waals surface area (Å²) >= 11 is 1.56. The van der Waals surface area contributed by atoms with E-state index in [9.17, 15) is 0 Å². The molecule has 0 amide bonds. The Morgan fingerprint density at radius 2 is 2.37 bits per heavy atom. The molecule has 1 N–H and O–H groups in total. The van der Waals surface area contributed by atoms with Gasteiger partial charge in [-0.05, 0) is 34.4 Å². The van der Waals surface area contributed by atoms with Crippen LogP contribution >= 0.6 is 11.8 Å². The van der Waals surface area contributed by atoms with E-state index in [0.29, 0.717) is 0 Å². The summed E-state index contributed by atoms with van der Waals surface area (Å²) in [4.78, 5) is 9.68. The van der Waals surface area contributed by atoms with Crippen LogP contribution in [0.4, 0.5) is 0 Å². The van der Waals surface area contributed by atoms with Crippen LogP contribution in [-0.4, -0.2) is 26.5 Å². The first kappa shape index (κ1) is 13.6. The Morgan fingerprint density at radius 1 is 1.53 bits per heavy atom. The third-order valence-corrected chi connectivity index (χ3v) is 3.56. The van der Waals surface area contributed by atoms with Gasteiger partial charge in [0.05, 0.1) is 16.8 Å². The highest BCUT2D eigenvalue weighted by molar-refractivity contribution is 8.06. The number of likely N-dealkylation sites (N-methyl/N-ethyl adjacent to an activating group) is 1. The molecule has 0 aromatic heterocycles. The number of fused-ring (bicyclic) bond motifs is 1. The summed E-state index contributed by atoms with van der Waals surface area (Å²) < 4.78 is 0. The summed E-state index contributed by atoms with van der Waals surface area (Å²) in [7, 11) is 3.65. The molecule has 3 nitrogen and oxygen atoms in total. The van der Waals surface area contributed by atoms with E-state index in [2.05, 4.69) is 52.2 Å². The van der Waals surface area contributed by atoms with Gasteiger partial charge in [0.15, 0.2) is 0 Å². The van der Waals surface area contributed by atoms with Crippen molar-refractivity contribution in [2.24, 2.45) is 9.98 Å². The lowest BCUT2D eigenvalue weighted by Gasteiger charge is -2.07. The highest BCUT2D eigenvalue weighted by Crippen LogP contribution is 2.20. The van der Waals surface area contributed by atoms with Crippen LogP contribution in [0.3, 0.4) is 0 Å². The lowest BCUT2D eigenvalue weighted by molar-refractivity contribution is 1.16. The quantitative estimate of drug-likeness (QED) is 0.666. The van der Waals surface area contributed by atoms with Crippen LogP contribution in [0.5, 0.6) is 0 Å². The number of benzene rings is 1. The first-order chi connectivity index (χ1) is 9.28. The smallest absolute Gasteiger partial charge is 0.134 e. The van der Waals surface area contributed by atoms with Crippen LogP contribution < -0.4 is 15.9 Å². The third kappa shape index (κ3) is 3.15. The highest BCUT2D eigenvalue weighted by atomic mass is 32.2. The van der Waals surface area contributed by atoms with E-state index in [1.807, 2.05) is 12.5 Å². The zero-order valence-electron chi connectivity index (χ0n) is 11.2. The van der Waals surface area contributed by atoms with Gasteiger partial charge < -0.3 is 5.32 Å². The zero-order chi connectivity index (χ0) is 13.7. The number of rotatable bonds is 4. The molecule has 1 aliphatic rings. The predicted octanol–water partition coefficient (Wildman–Crippen LogP) is 1.57. The normalized spacial score (nSPS) is 14.4. The minimum absolute atomic E-state index is 0.787. The summed E-state index contributed by atoms with van der Waals surface area (Å²) in [5.41, 5.74) is 1.15. The fourth-order valence-corrected chi connectivity index (χ4v) is 2.65. The summed E-state index contributed by atoms with van der Waals surface area (Å²) in [5, 5.41) is 7.19. The Morgan fingerprint density at radius 3 is 3.05 bits per heavy atom. The summed E-state index contributed by atoms with van der Waals surface area (Å²) in [6.45, 7) is 4.56. The topological polar surface area (TPSA) is 36.8 Å². The van der Waals surface area contributed by atoms with Crippen molar-refractivity contribution in [2.75, 3.05) is 20.6 Å². The van der Waals surface area contributed by atoms with Crippen LogP contribution in [0.15, 0.2) is 45.1 Å². The first-order valence-electron chi connectivity index (χ1n) is 6.07. The van der Waals surface area contributed by atoms with Crippen LogP contribution in [0, 0.1) is 0 Å². The second kappa shape index (κ2) is 6.38. The standard InChI is InChI=1S/C15H17N3S/c1-4-19-14(15(16-2)17-3)10-11-5-6-13-12(9-11)7-8-18-13/h4-7,9-10H,1,8H2,2-3H3,(H,16,17)/b14-10-. The zero-order valence-corrected chi connectivity index (χ0v) is 12.0. The van der Waals surface area contributed by atoms with Gasteiger partial charge in [-0.15, -0.1) is 0 Å². The van der Waals surface area contributed by atoms with Crippen molar-refractivity contribution in [1.29, 1.82) is 0 Å². The Kier molecular flexibility index (Phi) is 4.58. The van der Waals surface area contributed by atoms with E-state index in [4.69, 9.17) is 0 Å². The van der Waals surface area contributed by atoms with E-state index < -0.39 is 0 Å². The molecule has 1 aromatic carbocycles. The average Bonchev–Trinajstić information content (AvgIpc) is 2.87. The lowest BCUT2D eigenvalue weighted by atomic mass is 10.1. The van der Waals surface area contributed by atoms with E-state index in [1.54, 1.807) is 18.8 Å². The van der Waals surface area contributed by atoms with Crippen molar-refractivity contribution in [1.82, 2.24) is 5.32 Å². The largest absolute Gasteiger partial charge is 0.373 e. The van der Waals surface area contributed by atoms with Gasteiger partial charge in [0.25, 0.3) is 0 Å². The summed E-state index contributed by atoms with van der Waals surface area (Å²) in [6.07, 6.45) is 4.25. The molecule has 1 aliphatic heterocycles. The molecule has 0 atom stereocenters. The molecule has 0 aliphatic carbocycles. The molecule has 19 heavy (non-hydrogen) atoms. The maximum atomic E-state index is 4.39. The van der Waals surface area contributed by atoms with Gasteiger partial charge in [-0.2, -0.15) is 0 Å². The number of nitrogens with one attached hydrogen (secondary N) is 1. The Hall–Kier alpha value is -1.81. The number of hydrogen-bond donors (Lipinski definition) is 1. The first-order valence-corrected chi connectivity index (χ1v) is 6.95. The molecule has 0 saturated carbocycles. The predicted molar refractivity (Wildman–Crippen MR) is 84.7 cm³/mol. The average molecular weight is 271 g/mol. The molecule has 1 heterocycles. The number of aliphatic imine (C=N–C) groups is 1. The van der Waals surface area contributed by atoms with Gasteiger partial charge in [-0.3, -0.25) is 9.98 Å². The molecule has 0 spiro atoms. The number of thioether (sulfide) groups is 1. The van der Waals surface area contributed by atoms with Gasteiger partial charge in [-0.25, -0.2) is 0 Å². The van der Waals surface area contributed by atoms with E-state index >= 15 is 0 Å². The van der Waals surface area contributed by atoms with Gasteiger partial charge >= 0.3 is 0 Å². The molecule has 2 rings (SSSR count). The third-order valence-electron chi connectivity index (χ3n) is 2.83. The van der Waals surface area contributed by atoms with Crippen molar-refractivity contribution in [3.8, 4) is 0 Å².